The fourth-order valence-electron chi connectivity index (χ4n) is 4.91. The van der Waals surface area contributed by atoms with Crippen molar-refractivity contribution in [1.82, 2.24) is 9.80 Å². The molecule has 6 nitrogen and oxygen atoms in total. The fourth-order valence-corrected chi connectivity index (χ4v) is 5.98. The second-order valence-electron chi connectivity index (χ2n) is 8.36. The number of hydrogen-bond donors (Lipinski definition) is 1. The number of rotatable bonds is 5. The van der Waals surface area contributed by atoms with E-state index in [0.717, 1.165) is 36.1 Å². The van der Waals surface area contributed by atoms with Crippen molar-refractivity contribution in [2.24, 2.45) is 0 Å². The van der Waals surface area contributed by atoms with Crippen molar-refractivity contribution in [2.45, 2.75) is 63.5 Å². The zero-order chi connectivity index (χ0) is 19.7. The Morgan fingerprint density at radius 3 is 2.64 bits per heavy atom. The van der Waals surface area contributed by atoms with Crippen LogP contribution in [0.5, 0.6) is 0 Å². The van der Waals surface area contributed by atoms with Crippen LogP contribution in [0.15, 0.2) is 6.07 Å². The van der Waals surface area contributed by atoms with Crippen LogP contribution >= 0.6 is 11.3 Å². The van der Waals surface area contributed by atoms with E-state index in [1.165, 1.54) is 37.3 Å². The molecule has 1 unspecified atom stereocenters. The maximum Gasteiger partial charge on any atom is 0.345 e. The summed E-state index contributed by atoms with van der Waals surface area (Å²) in [6.07, 6.45) is 6.38. The van der Waals surface area contributed by atoms with Crippen molar-refractivity contribution in [3.8, 4) is 0 Å². The largest absolute Gasteiger partial charge is 0.477 e. The maximum atomic E-state index is 12.7. The molecule has 0 radical (unpaired) electrons. The molecular formula is C21H30N2O4S. The van der Waals surface area contributed by atoms with E-state index in [9.17, 15) is 14.7 Å². The molecule has 4 heterocycles. The molecular weight excluding hydrogens is 376 g/mol. The first-order valence-electron chi connectivity index (χ1n) is 10.5. The van der Waals surface area contributed by atoms with Crippen molar-refractivity contribution < 1.29 is 19.4 Å². The van der Waals surface area contributed by atoms with Gasteiger partial charge in [0.25, 0.3) is 0 Å². The summed E-state index contributed by atoms with van der Waals surface area (Å²) in [5.74, 6) is -0.622. The molecule has 1 aromatic rings. The van der Waals surface area contributed by atoms with Crippen LogP contribution in [-0.2, 0) is 21.6 Å². The number of hydrogen-bond acceptors (Lipinski definition) is 5. The van der Waals surface area contributed by atoms with Gasteiger partial charge in [-0.25, -0.2) is 4.79 Å². The van der Waals surface area contributed by atoms with Gasteiger partial charge in [-0.05, 0) is 63.7 Å². The highest BCUT2D eigenvalue weighted by atomic mass is 32.1. The predicted molar refractivity (Wildman–Crippen MR) is 108 cm³/mol. The third-order valence-electron chi connectivity index (χ3n) is 6.68. The number of carbonyl (C=O) groups is 2. The summed E-state index contributed by atoms with van der Waals surface area (Å²) in [5.41, 5.74) is 0.646. The molecule has 4 rings (SSSR count). The number of aromatic carboxylic acids is 1. The number of carboxylic acid groups (broad SMARTS) is 1. The van der Waals surface area contributed by atoms with Crippen LogP contribution in [0.25, 0.3) is 0 Å². The molecule has 3 aliphatic heterocycles. The minimum Gasteiger partial charge on any atom is -0.477 e. The van der Waals surface area contributed by atoms with Gasteiger partial charge >= 0.3 is 5.97 Å². The van der Waals surface area contributed by atoms with Crippen LogP contribution in [0, 0.1) is 0 Å². The van der Waals surface area contributed by atoms with Crippen LogP contribution in [0.3, 0.4) is 0 Å². The SMILES string of the molecule is CC(CCC(=O)N1CCC2(CC1)OCCc1sc(C(=O)O)cc12)N1CCCC1. The number of piperidine rings is 1. The zero-order valence-corrected chi connectivity index (χ0v) is 17.4. The number of fused-ring (bicyclic) bond motifs is 2. The highest BCUT2D eigenvalue weighted by Gasteiger charge is 2.43. The summed E-state index contributed by atoms with van der Waals surface area (Å²) in [7, 11) is 0. The third kappa shape index (κ3) is 3.84. The number of thiophene rings is 1. The number of likely N-dealkylation sites (tertiary alicyclic amines) is 2. The summed E-state index contributed by atoms with van der Waals surface area (Å²) >= 11 is 1.38. The van der Waals surface area contributed by atoms with E-state index in [-0.39, 0.29) is 5.91 Å². The molecule has 1 aromatic heterocycles. The molecule has 3 aliphatic rings. The average molecular weight is 407 g/mol. The maximum absolute atomic E-state index is 12.7. The van der Waals surface area contributed by atoms with Gasteiger partial charge in [0.15, 0.2) is 0 Å². The average Bonchev–Trinajstić information content (AvgIpc) is 3.37. The first-order valence-corrected chi connectivity index (χ1v) is 11.3. The van der Waals surface area contributed by atoms with Crippen molar-refractivity contribution in [3.63, 3.8) is 0 Å². The fraction of sp³-hybridized carbons (Fsp3) is 0.714. The number of carbonyl (C=O) groups excluding carboxylic acids is 1. The summed E-state index contributed by atoms with van der Waals surface area (Å²) in [5, 5.41) is 9.33. The predicted octanol–water partition coefficient (Wildman–Crippen LogP) is 3.10. The van der Waals surface area contributed by atoms with E-state index in [2.05, 4.69) is 11.8 Å². The summed E-state index contributed by atoms with van der Waals surface area (Å²) in [6.45, 7) is 6.58. The van der Waals surface area contributed by atoms with Gasteiger partial charge < -0.3 is 19.6 Å². The molecule has 0 aromatic carbocycles. The van der Waals surface area contributed by atoms with E-state index >= 15 is 0 Å². The topological polar surface area (TPSA) is 70.1 Å². The molecule has 0 bridgehead atoms. The standard InChI is InChI=1S/C21H30N2O4S/c1-15(22-9-2-3-10-22)4-5-19(24)23-11-7-21(8-12-23)16-14-18(20(25)26)28-17(16)6-13-27-21/h14-15H,2-13H2,1H3,(H,25,26). The molecule has 1 N–H and O–H groups in total. The normalized spacial score (nSPS) is 23.0. The number of amides is 1. The quantitative estimate of drug-likeness (QED) is 0.814. The number of nitrogens with zero attached hydrogens (tertiary/aromatic N) is 2. The van der Waals surface area contributed by atoms with Gasteiger partial charge in [0, 0.05) is 36.9 Å². The third-order valence-corrected chi connectivity index (χ3v) is 7.86. The lowest BCUT2D eigenvalue weighted by Crippen LogP contribution is -2.48. The van der Waals surface area contributed by atoms with Crippen molar-refractivity contribution in [1.29, 1.82) is 0 Å². The lowest BCUT2D eigenvalue weighted by atomic mass is 9.82. The second-order valence-corrected chi connectivity index (χ2v) is 9.49. The summed E-state index contributed by atoms with van der Waals surface area (Å²) < 4.78 is 6.19. The molecule has 1 atom stereocenters. The molecule has 7 heteroatoms. The zero-order valence-electron chi connectivity index (χ0n) is 16.6. The van der Waals surface area contributed by atoms with Crippen LogP contribution in [-0.4, -0.2) is 65.6 Å². The Balaban J connectivity index is 1.34. The smallest absolute Gasteiger partial charge is 0.345 e. The first-order chi connectivity index (χ1) is 13.5. The highest BCUT2D eigenvalue weighted by Crippen LogP contribution is 2.44. The monoisotopic (exact) mass is 406 g/mol. The van der Waals surface area contributed by atoms with E-state index in [0.29, 0.717) is 37.0 Å². The Hall–Kier alpha value is -1.44. The van der Waals surface area contributed by atoms with Gasteiger partial charge in [0.05, 0.1) is 12.2 Å². The summed E-state index contributed by atoms with van der Waals surface area (Å²) in [4.78, 5) is 30.1. The van der Waals surface area contributed by atoms with Gasteiger partial charge in [0.1, 0.15) is 4.88 Å². The Morgan fingerprint density at radius 2 is 1.96 bits per heavy atom. The summed E-state index contributed by atoms with van der Waals surface area (Å²) in [6, 6.07) is 2.28. The Labute approximate surface area is 170 Å². The molecule has 2 saturated heterocycles. The minimum absolute atomic E-state index is 0.244. The van der Waals surface area contributed by atoms with Crippen molar-refractivity contribution in [3.05, 3.63) is 21.4 Å². The second kappa shape index (κ2) is 8.13. The Bertz CT molecular complexity index is 733. The molecule has 2 fully saturated rings. The van der Waals surface area contributed by atoms with Gasteiger partial charge in [-0.15, -0.1) is 11.3 Å². The van der Waals surface area contributed by atoms with Crippen molar-refractivity contribution in [2.75, 3.05) is 32.8 Å². The molecule has 0 saturated carbocycles. The number of carboxylic acids is 1. The molecule has 1 amide bonds. The van der Waals surface area contributed by atoms with Gasteiger partial charge in [0.2, 0.25) is 5.91 Å². The van der Waals surface area contributed by atoms with E-state index < -0.39 is 11.6 Å². The van der Waals surface area contributed by atoms with Gasteiger partial charge in [-0.1, -0.05) is 0 Å². The number of ether oxygens (including phenoxy) is 1. The van der Waals surface area contributed by atoms with Crippen LogP contribution in [0.4, 0.5) is 0 Å². The van der Waals surface area contributed by atoms with E-state index in [1.807, 2.05) is 4.90 Å². The lowest BCUT2D eigenvalue weighted by Gasteiger charge is -2.44. The van der Waals surface area contributed by atoms with E-state index in [4.69, 9.17) is 4.74 Å². The van der Waals surface area contributed by atoms with Crippen LogP contribution in [0.1, 0.15) is 65.6 Å². The Kier molecular flexibility index (Phi) is 5.76. The molecule has 0 aliphatic carbocycles. The minimum atomic E-state index is -0.866. The highest BCUT2D eigenvalue weighted by molar-refractivity contribution is 7.14. The molecule has 1 spiro atoms. The van der Waals surface area contributed by atoms with Gasteiger partial charge in [-0.3, -0.25) is 4.79 Å². The van der Waals surface area contributed by atoms with Gasteiger partial charge in [-0.2, -0.15) is 0 Å². The van der Waals surface area contributed by atoms with Crippen LogP contribution < -0.4 is 0 Å². The molecule has 154 valence electrons. The first kappa shape index (κ1) is 19.9. The molecule has 28 heavy (non-hydrogen) atoms. The lowest BCUT2D eigenvalue weighted by molar-refractivity contribution is -0.140. The van der Waals surface area contributed by atoms with Crippen molar-refractivity contribution >= 4 is 23.2 Å². The van der Waals surface area contributed by atoms with E-state index in [1.54, 1.807) is 6.07 Å². The Morgan fingerprint density at radius 1 is 1.25 bits per heavy atom. The van der Waals surface area contributed by atoms with Crippen LogP contribution in [0.2, 0.25) is 0 Å².